The van der Waals surface area contributed by atoms with Crippen LogP contribution in [-0.4, -0.2) is 12.5 Å². The molecule has 0 radical (unpaired) electrons. The first-order valence-corrected chi connectivity index (χ1v) is 7.77. The average molecular weight is 336 g/mol. The lowest BCUT2D eigenvalue weighted by Crippen LogP contribution is -2.25. The Morgan fingerprint density at radius 1 is 1.35 bits per heavy atom. The Hall–Kier alpha value is -2.27. The maximum Gasteiger partial charge on any atom is 0.291 e. The van der Waals surface area contributed by atoms with Crippen LogP contribution < -0.4 is 15.5 Å². The lowest BCUT2D eigenvalue weighted by molar-refractivity contribution is 0.0913. The van der Waals surface area contributed by atoms with Crippen molar-refractivity contribution in [2.75, 3.05) is 6.61 Å². The molecule has 2 rings (SSSR count). The van der Waals surface area contributed by atoms with Gasteiger partial charge in [-0.3, -0.25) is 9.59 Å². The highest BCUT2D eigenvalue weighted by atomic mass is 35.5. The summed E-state index contributed by atoms with van der Waals surface area (Å²) < 4.78 is 10.6. The van der Waals surface area contributed by atoms with Crippen molar-refractivity contribution in [3.63, 3.8) is 0 Å². The molecule has 0 saturated carbocycles. The van der Waals surface area contributed by atoms with Crippen LogP contribution in [0.4, 0.5) is 0 Å². The van der Waals surface area contributed by atoms with Crippen LogP contribution in [0, 0.1) is 0 Å². The number of unbranched alkanes of at least 4 members (excludes halogenated alkanes) is 1. The molecule has 122 valence electrons. The minimum absolute atomic E-state index is 0.0513. The number of benzene rings is 1. The van der Waals surface area contributed by atoms with Crippen LogP contribution in [0.5, 0.6) is 5.75 Å². The third-order valence-corrected chi connectivity index (χ3v) is 3.36. The van der Waals surface area contributed by atoms with Gasteiger partial charge in [0, 0.05) is 17.6 Å². The number of halogens is 1. The SMILES string of the molecule is CCCCOc1c(C(=O)NCc2cccc(Cl)c2)occc1=O. The van der Waals surface area contributed by atoms with Crippen LogP contribution in [0.2, 0.25) is 5.02 Å². The van der Waals surface area contributed by atoms with Crippen molar-refractivity contribution in [3.05, 3.63) is 63.2 Å². The molecule has 0 saturated heterocycles. The van der Waals surface area contributed by atoms with Crippen LogP contribution in [0.3, 0.4) is 0 Å². The zero-order valence-corrected chi connectivity index (χ0v) is 13.6. The third kappa shape index (κ3) is 4.86. The zero-order chi connectivity index (χ0) is 16.7. The molecular weight excluding hydrogens is 318 g/mol. The van der Waals surface area contributed by atoms with E-state index in [0.29, 0.717) is 11.6 Å². The van der Waals surface area contributed by atoms with Gasteiger partial charge in [-0.2, -0.15) is 0 Å². The van der Waals surface area contributed by atoms with Crippen LogP contribution in [0.15, 0.2) is 45.8 Å². The van der Waals surface area contributed by atoms with E-state index in [1.165, 1.54) is 12.3 Å². The van der Waals surface area contributed by atoms with Gasteiger partial charge in [0.1, 0.15) is 0 Å². The van der Waals surface area contributed by atoms with Crippen molar-refractivity contribution in [2.24, 2.45) is 0 Å². The standard InChI is InChI=1S/C17H18ClNO4/c1-2-3-8-22-15-14(20)7-9-23-16(15)17(21)19-11-12-5-4-6-13(18)10-12/h4-7,9-10H,2-3,8,11H2,1H3,(H,19,21). The molecule has 5 nitrogen and oxygen atoms in total. The van der Waals surface area contributed by atoms with Crippen LogP contribution >= 0.6 is 11.6 Å². The predicted molar refractivity (Wildman–Crippen MR) is 88.0 cm³/mol. The van der Waals surface area contributed by atoms with Crippen molar-refractivity contribution in [3.8, 4) is 5.75 Å². The molecule has 23 heavy (non-hydrogen) atoms. The smallest absolute Gasteiger partial charge is 0.291 e. The van der Waals surface area contributed by atoms with Crippen molar-refractivity contribution in [1.29, 1.82) is 0 Å². The Kier molecular flexibility index (Phi) is 6.23. The normalized spacial score (nSPS) is 10.3. The molecular formula is C17H18ClNO4. The average Bonchev–Trinajstić information content (AvgIpc) is 2.54. The minimum atomic E-state index is -0.505. The van der Waals surface area contributed by atoms with E-state index in [-0.39, 0.29) is 23.5 Å². The van der Waals surface area contributed by atoms with E-state index in [0.717, 1.165) is 18.4 Å². The fourth-order valence-electron chi connectivity index (χ4n) is 1.93. The van der Waals surface area contributed by atoms with Gasteiger partial charge in [0.05, 0.1) is 12.9 Å². The maximum absolute atomic E-state index is 12.3. The molecule has 0 aliphatic carbocycles. The highest BCUT2D eigenvalue weighted by Gasteiger charge is 2.18. The highest BCUT2D eigenvalue weighted by Crippen LogP contribution is 2.14. The summed E-state index contributed by atoms with van der Waals surface area (Å²) in [4.78, 5) is 24.1. The third-order valence-electron chi connectivity index (χ3n) is 3.13. The Balaban J connectivity index is 2.09. The largest absolute Gasteiger partial charge is 0.486 e. The molecule has 0 unspecified atom stereocenters. The fraction of sp³-hybridized carbons (Fsp3) is 0.294. The van der Waals surface area contributed by atoms with E-state index >= 15 is 0 Å². The number of amides is 1. The highest BCUT2D eigenvalue weighted by molar-refractivity contribution is 6.30. The second-order valence-electron chi connectivity index (χ2n) is 4.96. The van der Waals surface area contributed by atoms with Gasteiger partial charge in [0.15, 0.2) is 0 Å². The monoisotopic (exact) mass is 335 g/mol. The first-order chi connectivity index (χ1) is 11.1. The van der Waals surface area contributed by atoms with Gasteiger partial charge < -0.3 is 14.5 Å². The summed E-state index contributed by atoms with van der Waals surface area (Å²) in [6.45, 7) is 2.64. The van der Waals surface area contributed by atoms with E-state index in [1.54, 1.807) is 18.2 Å². The molecule has 0 spiro atoms. The molecule has 1 aromatic heterocycles. The summed E-state index contributed by atoms with van der Waals surface area (Å²) >= 11 is 5.90. The molecule has 1 amide bonds. The van der Waals surface area contributed by atoms with Gasteiger partial charge in [0.2, 0.25) is 16.9 Å². The van der Waals surface area contributed by atoms with E-state index in [9.17, 15) is 9.59 Å². The molecule has 1 heterocycles. The minimum Gasteiger partial charge on any atom is -0.486 e. The van der Waals surface area contributed by atoms with Crippen LogP contribution in [-0.2, 0) is 6.54 Å². The topological polar surface area (TPSA) is 68.5 Å². The summed E-state index contributed by atoms with van der Waals surface area (Å²) in [5.41, 5.74) is 0.470. The van der Waals surface area contributed by atoms with Gasteiger partial charge in [0.25, 0.3) is 5.91 Å². The molecule has 1 aromatic carbocycles. The van der Waals surface area contributed by atoms with Gasteiger partial charge >= 0.3 is 0 Å². The van der Waals surface area contributed by atoms with E-state index in [4.69, 9.17) is 20.8 Å². The van der Waals surface area contributed by atoms with Crippen molar-refractivity contribution in [1.82, 2.24) is 5.32 Å². The van der Waals surface area contributed by atoms with E-state index < -0.39 is 5.91 Å². The van der Waals surface area contributed by atoms with Crippen molar-refractivity contribution < 1.29 is 13.9 Å². The number of nitrogens with one attached hydrogen (secondary N) is 1. The molecule has 0 aliphatic heterocycles. The zero-order valence-electron chi connectivity index (χ0n) is 12.8. The molecule has 0 atom stereocenters. The van der Waals surface area contributed by atoms with Gasteiger partial charge in [-0.05, 0) is 24.1 Å². The first-order valence-electron chi connectivity index (χ1n) is 7.39. The first kappa shape index (κ1) is 17.1. The number of hydrogen-bond donors (Lipinski definition) is 1. The summed E-state index contributed by atoms with van der Waals surface area (Å²) in [5.74, 6) is -0.672. The summed E-state index contributed by atoms with van der Waals surface area (Å²) in [6, 6.07) is 8.37. The molecule has 2 aromatic rings. The molecule has 0 bridgehead atoms. The Bertz CT molecular complexity index is 727. The Morgan fingerprint density at radius 2 is 2.17 bits per heavy atom. The fourth-order valence-corrected chi connectivity index (χ4v) is 2.14. The Morgan fingerprint density at radius 3 is 2.91 bits per heavy atom. The Labute approximate surface area is 139 Å². The summed E-state index contributed by atoms with van der Waals surface area (Å²) in [5, 5.41) is 3.28. The van der Waals surface area contributed by atoms with Crippen LogP contribution in [0.25, 0.3) is 0 Å². The predicted octanol–water partition coefficient (Wildman–Crippen LogP) is 3.40. The van der Waals surface area contributed by atoms with E-state index in [1.807, 2.05) is 13.0 Å². The lowest BCUT2D eigenvalue weighted by Gasteiger charge is -2.09. The number of ether oxygens (including phenoxy) is 1. The van der Waals surface area contributed by atoms with Crippen molar-refractivity contribution in [2.45, 2.75) is 26.3 Å². The molecule has 0 fully saturated rings. The number of carbonyl (C=O) groups is 1. The van der Waals surface area contributed by atoms with Gasteiger partial charge in [-0.25, -0.2) is 0 Å². The quantitative estimate of drug-likeness (QED) is 0.787. The number of carbonyl (C=O) groups excluding carboxylic acids is 1. The number of rotatable bonds is 7. The second-order valence-corrected chi connectivity index (χ2v) is 5.39. The molecule has 0 aliphatic rings. The molecule has 1 N–H and O–H groups in total. The van der Waals surface area contributed by atoms with Crippen molar-refractivity contribution >= 4 is 17.5 Å². The van der Waals surface area contributed by atoms with Gasteiger partial charge in [-0.1, -0.05) is 37.1 Å². The number of hydrogen-bond acceptors (Lipinski definition) is 4. The summed E-state index contributed by atoms with van der Waals surface area (Å²) in [6.07, 6.45) is 2.90. The van der Waals surface area contributed by atoms with Gasteiger partial charge in [-0.15, -0.1) is 0 Å². The lowest BCUT2D eigenvalue weighted by atomic mass is 10.2. The maximum atomic E-state index is 12.3. The summed E-state index contributed by atoms with van der Waals surface area (Å²) in [7, 11) is 0. The molecule has 6 heteroatoms. The van der Waals surface area contributed by atoms with Crippen LogP contribution in [0.1, 0.15) is 35.9 Å². The second kappa shape index (κ2) is 8.39. The van der Waals surface area contributed by atoms with E-state index in [2.05, 4.69) is 5.32 Å².